The summed E-state index contributed by atoms with van der Waals surface area (Å²) in [5.74, 6) is 1.42. The molecule has 1 saturated carbocycles. The van der Waals surface area contributed by atoms with E-state index in [1.807, 2.05) is 6.07 Å². The summed E-state index contributed by atoms with van der Waals surface area (Å²) in [5, 5.41) is 4.26. The first-order chi connectivity index (χ1) is 5.81. The van der Waals surface area contributed by atoms with Crippen LogP contribution in [0.1, 0.15) is 37.8 Å². The number of aryl methyl sites for hydroxylation is 1. The second kappa shape index (κ2) is 2.81. The van der Waals surface area contributed by atoms with Gasteiger partial charge in [-0.3, -0.25) is 4.68 Å². The van der Waals surface area contributed by atoms with E-state index in [4.69, 9.17) is 5.73 Å². The molecule has 3 nitrogen and oxygen atoms in total. The van der Waals surface area contributed by atoms with Gasteiger partial charge in [-0.15, -0.1) is 0 Å². The Morgan fingerprint density at radius 1 is 1.67 bits per heavy atom. The summed E-state index contributed by atoms with van der Waals surface area (Å²) in [6.45, 7) is 3.16. The molecule has 0 amide bonds. The van der Waals surface area contributed by atoms with Crippen molar-refractivity contribution in [1.82, 2.24) is 9.78 Å². The fraction of sp³-hybridized carbons (Fsp3) is 0.667. The Balaban J connectivity index is 2.24. The highest BCUT2D eigenvalue weighted by molar-refractivity contribution is 5.32. The van der Waals surface area contributed by atoms with Crippen LogP contribution >= 0.6 is 0 Å². The van der Waals surface area contributed by atoms with Crippen molar-refractivity contribution >= 4 is 5.82 Å². The second-order valence-corrected chi connectivity index (χ2v) is 3.49. The highest BCUT2D eigenvalue weighted by Crippen LogP contribution is 2.40. The van der Waals surface area contributed by atoms with Crippen LogP contribution in [0.2, 0.25) is 0 Å². The van der Waals surface area contributed by atoms with Gasteiger partial charge in [-0.2, -0.15) is 5.10 Å². The molecule has 1 heterocycles. The molecule has 0 aliphatic heterocycles. The molecule has 0 saturated heterocycles. The minimum Gasteiger partial charge on any atom is -0.382 e. The fourth-order valence-corrected chi connectivity index (χ4v) is 1.55. The topological polar surface area (TPSA) is 43.8 Å². The lowest BCUT2D eigenvalue weighted by atomic mass is 10.3. The Morgan fingerprint density at radius 2 is 2.42 bits per heavy atom. The Hall–Kier alpha value is -0.990. The Morgan fingerprint density at radius 3 is 3.00 bits per heavy atom. The first-order valence-electron chi connectivity index (χ1n) is 4.64. The number of aromatic nitrogens is 2. The van der Waals surface area contributed by atoms with E-state index in [9.17, 15) is 0 Å². The zero-order valence-electron chi connectivity index (χ0n) is 7.45. The predicted molar refractivity (Wildman–Crippen MR) is 48.9 cm³/mol. The Kier molecular flexibility index (Phi) is 1.79. The van der Waals surface area contributed by atoms with Gasteiger partial charge in [-0.25, -0.2) is 0 Å². The molecule has 1 aliphatic carbocycles. The molecule has 1 aromatic heterocycles. The lowest BCUT2D eigenvalue weighted by molar-refractivity contribution is 0.577. The Bertz CT molecular complexity index is 273. The number of hydrogen-bond acceptors (Lipinski definition) is 2. The average Bonchev–Trinajstić information content (AvgIpc) is 2.79. The molecule has 2 rings (SSSR count). The van der Waals surface area contributed by atoms with Gasteiger partial charge in [0.1, 0.15) is 5.82 Å². The van der Waals surface area contributed by atoms with Gasteiger partial charge in [-0.1, -0.05) is 6.92 Å². The van der Waals surface area contributed by atoms with Crippen LogP contribution in [0.25, 0.3) is 0 Å². The van der Waals surface area contributed by atoms with Gasteiger partial charge < -0.3 is 5.73 Å². The van der Waals surface area contributed by atoms with Crippen molar-refractivity contribution in [2.45, 2.75) is 38.6 Å². The van der Waals surface area contributed by atoms with E-state index in [0.29, 0.717) is 5.82 Å². The summed E-state index contributed by atoms with van der Waals surface area (Å²) < 4.78 is 2.06. The van der Waals surface area contributed by atoms with Gasteiger partial charge in [0.25, 0.3) is 0 Å². The van der Waals surface area contributed by atoms with E-state index in [-0.39, 0.29) is 0 Å². The van der Waals surface area contributed by atoms with Gasteiger partial charge in [0.2, 0.25) is 0 Å². The molecule has 1 aromatic rings. The number of nitrogen functional groups attached to an aromatic ring is 1. The van der Waals surface area contributed by atoms with Crippen LogP contribution in [0.15, 0.2) is 6.07 Å². The SMILES string of the molecule is CCCn1nc(N)cc1C1CC1. The lowest BCUT2D eigenvalue weighted by Crippen LogP contribution is -2.03. The number of nitrogens with two attached hydrogens (primary N) is 1. The maximum absolute atomic E-state index is 5.64. The van der Waals surface area contributed by atoms with Gasteiger partial charge in [0.15, 0.2) is 0 Å². The van der Waals surface area contributed by atoms with Crippen LogP contribution in [0, 0.1) is 0 Å². The maximum atomic E-state index is 5.64. The molecule has 0 unspecified atom stereocenters. The fourth-order valence-electron chi connectivity index (χ4n) is 1.55. The molecule has 0 atom stereocenters. The minimum atomic E-state index is 0.672. The first-order valence-corrected chi connectivity index (χ1v) is 4.64. The van der Waals surface area contributed by atoms with Crippen molar-refractivity contribution in [2.75, 3.05) is 5.73 Å². The van der Waals surface area contributed by atoms with Gasteiger partial charge in [0.05, 0.1) is 0 Å². The van der Waals surface area contributed by atoms with E-state index in [2.05, 4.69) is 16.7 Å². The van der Waals surface area contributed by atoms with Gasteiger partial charge >= 0.3 is 0 Å². The van der Waals surface area contributed by atoms with Crippen LogP contribution < -0.4 is 5.73 Å². The monoisotopic (exact) mass is 165 g/mol. The van der Waals surface area contributed by atoms with E-state index < -0.39 is 0 Å². The van der Waals surface area contributed by atoms with Crippen molar-refractivity contribution in [3.63, 3.8) is 0 Å². The van der Waals surface area contributed by atoms with Crippen LogP contribution in [0.3, 0.4) is 0 Å². The number of rotatable bonds is 3. The first kappa shape index (κ1) is 7.65. The Labute approximate surface area is 72.6 Å². The maximum Gasteiger partial charge on any atom is 0.145 e. The van der Waals surface area contributed by atoms with Crippen molar-refractivity contribution in [1.29, 1.82) is 0 Å². The molecule has 3 heteroatoms. The smallest absolute Gasteiger partial charge is 0.145 e. The summed E-state index contributed by atoms with van der Waals surface area (Å²) in [7, 11) is 0. The van der Waals surface area contributed by atoms with Gasteiger partial charge in [0, 0.05) is 24.2 Å². The molecule has 0 radical (unpaired) electrons. The number of anilines is 1. The van der Waals surface area contributed by atoms with E-state index >= 15 is 0 Å². The quantitative estimate of drug-likeness (QED) is 0.741. The van der Waals surface area contributed by atoms with Crippen molar-refractivity contribution in [2.24, 2.45) is 0 Å². The largest absolute Gasteiger partial charge is 0.382 e. The zero-order chi connectivity index (χ0) is 8.55. The van der Waals surface area contributed by atoms with Crippen molar-refractivity contribution < 1.29 is 0 Å². The highest BCUT2D eigenvalue weighted by Gasteiger charge is 2.27. The van der Waals surface area contributed by atoms with Crippen molar-refractivity contribution in [3.8, 4) is 0 Å². The molecule has 2 N–H and O–H groups in total. The lowest BCUT2D eigenvalue weighted by Gasteiger charge is -2.02. The predicted octanol–water partition coefficient (Wildman–Crippen LogP) is 1.75. The summed E-state index contributed by atoms with van der Waals surface area (Å²) >= 11 is 0. The van der Waals surface area contributed by atoms with E-state index in [1.54, 1.807) is 0 Å². The van der Waals surface area contributed by atoms with Gasteiger partial charge in [-0.05, 0) is 19.3 Å². The molecule has 0 spiro atoms. The van der Waals surface area contributed by atoms with E-state index in [1.165, 1.54) is 18.5 Å². The molecule has 0 aromatic carbocycles. The van der Waals surface area contributed by atoms with Crippen molar-refractivity contribution in [3.05, 3.63) is 11.8 Å². The summed E-state index contributed by atoms with van der Waals surface area (Å²) in [5.41, 5.74) is 6.99. The average molecular weight is 165 g/mol. The molecule has 66 valence electrons. The third-order valence-corrected chi connectivity index (χ3v) is 2.26. The van der Waals surface area contributed by atoms with Crippen LogP contribution in [-0.4, -0.2) is 9.78 Å². The third-order valence-electron chi connectivity index (χ3n) is 2.26. The van der Waals surface area contributed by atoms with Crippen LogP contribution in [-0.2, 0) is 6.54 Å². The minimum absolute atomic E-state index is 0.672. The molecular formula is C9H15N3. The normalized spacial score (nSPS) is 16.8. The number of hydrogen-bond donors (Lipinski definition) is 1. The molecule has 12 heavy (non-hydrogen) atoms. The standard InChI is InChI=1S/C9H15N3/c1-2-5-12-8(7-3-4-7)6-9(10)11-12/h6-7H,2-5H2,1H3,(H2,10,11). The summed E-state index contributed by atoms with van der Waals surface area (Å²) in [6.07, 6.45) is 3.75. The summed E-state index contributed by atoms with van der Waals surface area (Å²) in [4.78, 5) is 0. The molecule has 1 fully saturated rings. The zero-order valence-corrected chi connectivity index (χ0v) is 7.45. The third kappa shape index (κ3) is 1.31. The molecular weight excluding hydrogens is 150 g/mol. The van der Waals surface area contributed by atoms with Crippen LogP contribution in [0.5, 0.6) is 0 Å². The number of nitrogens with zero attached hydrogens (tertiary/aromatic N) is 2. The molecule has 0 bridgehead atoms. The van der Waals surface area contributed by atoms with Crippen LogP contribution in [0.4, 0.5) is 5.82 Å². The highest BCUT2D eigenvalue weighted by atomic mass is 15.3. The van der Waals surface area contributed by atoms with E-state index in [0.717, 1.165) is 18.9 Å². The summed E-state index contributed by atoms with van der Waals surface area (Å²) in [6, 6.07) is 2.02. The second-order valence-electron chi connectivity index (χ2n) is 3.49. The molecule has 1 aliphatic rings.